The molecule has 5 nitrogen and oxygen atoms in total. The fraction of sp³-hybridized carbons (Fsp3) is 0.224. The Morgan fingerprint density at radius 1 is 0.575 bits per heavy atom. The molecule has 0 aliphatic rings. The van der Waals surface area contributed by atoms with Crippen molar-refractivity contribution in [1.29, 1.82) is 5.26 Å². The van der Waals surface area contributed by atoms with E-state index in [-0.39, 0.29) is 54.1 Å². The molecule has 10 rings (SSSR count). The zero-order valence-electron chi connectivity index (χ0n) is 49.0. The molecule has 0 saturated heterocycles. The molecule has 73 heavy (non-hydrogen) atoms. The summed E-state index contributed by atoms with van der Waals surface area (Å²) in [4.78, 5) is 14.4. The summed E-state index contributed by atoms with van der Waals surface area (Å²) < 4.78 is 75.2. The smallest absolute Gasteiger partial charge is 0.500 e. The van der Waals surface area contributed by atoms with Gasteiger partial charge in [-0.2, -0.15) is 5.26 Å². The van der Waals surface area contributed by atoms with Gasteiger partial charge in [0, 0.05) is 37.8 Å². The van der Waals surface area contributed by atoms with Gasteiger partial charge < -0.3 is 19.4 Å². The van der Waals surface area contributed by atoms with E-state index < -0.39 is 35.4 Å². The van der Waals surface area contributed by atoms with Gasteiger partial charge in [-0.3, -0.25) is 0 Å². The van der Waals surface area contributed by atoms with Crippen LogP contribution < -0.4 is 0 Å². The van der Waals surface area contributed by atoms with E-state index in [1.165, 1.54) is 12.3 Å². The first kappa shape index (κ1) is 42.2. The Hall–Kier alpha value is -7.29. The standard InChI is InChI=1S/C67H59N4O.Ir/c1-65(2,3)40-53-37-61(58-25-17-24-56-57-31-28-51(41-68)62(64(57)72-63(56)58)50-22-15-10-16-23-50)69-42-52(53)27-26-45-34-46(38-66(4,5)54-29-32-59(70-43-54)48-18-11-8-12-19-48)36-47(35-45)39-67(6,7)55-30-33-60(71-44-55)49-20-13-9-14-21-49;/h8-18,20,22-24,28-37,42-44H,26-27,38-40H2,1-7H3;/q-3;+3/i26D2,27D2,28D,40D2;. The van der Waals surface area contributed by atoms with Gasteiger partial charge in [0.1, 0.15) is 5.58 Å². The first-order chi connectivity index (χ1) is 37.4. The molecule has 0 N–H and O–H groups in total. The molecular weight excluding hydrogens is 1070 g/mol. The van der Waals surface area contributed by atoms with E-state index in [0.717, 1.165) is 44.8 Å². The molecule has 0 aliphatic carbocycles. The number of aromatic nitrogens is 3. The minimum absolute atomic E-state index is 0. The van der Waals surface area contributed by atoms with Crippen molar-refractivity contribution in [3.8, 4) is 51.0 Å². The maximum Gasteiger partial charge on any atom is 3.00 e. The molecule has 362 valence electrons. The molecule has 0 bridgehead atoms. The van der Waals surface area contributed by atoms with Crippen molar-refractivity contribution in [2.24, 2.45) is 5.41 Å². The van der Waals surface area contributed by atoms with Crippen LogP contribution in [-0.2, 0) is 62.9 Å². The van der Waals surface area contributed by atoms with Crippen LogP contribution >= 0.6 is 0 Å². The number of nitriles is 1. The van der Waals surface area contributed by atoms with Crippen molar-refractivity contribution >= 4 is 21.9 Å². The van der Waals surface area contributed by atoms with Gasteiger partial charge in [0.2, 0.25) is 0 Å². The quantitative estimate of drug-likeness (QED) is 0.101. The van der Waals surface area contributed by atoms with Gasteiger partial charge in [0.05, 0.1) is 18.6 Å². The predicted octanol–water partition coefficient (Wildman–Crippen LogP) is 16.1. The second kappa shape index (κ2) is 21.0. The zero-order chi connectivity index (χ0) is 56.3. The number of rotatable bonds is 14. The SMILES string of the molecule is [2H]c1cc2c(oc3c(-c4cc(C([2H])([2H])C(C)(C)C)c(C([2H])([2H])C([2H])([2H])c5cc(CC(C)(C)c6ccc(-c7[c-]cccc7)nc6)cc(CC(C)(C)c6ccc(-c7[c-]cccc7)nc6)c5)cn4)[c-]ccc32)c(-c2ccccc2)c1C#N.[Ir+3]. The maximum absolute atomic E-state index is 10.3. The number of furan rings is 1. The van der Waals surface area contributed by atoms with Gasteiger partial charge >= 0.3 is 20.1 Å². The molecule has 6 aromatic carbocycles. The van der Waals surface area contributed by atoms with Crippen LogP contribution in [0.1, 0.15) is 103 Å². The van der Waals surface area contributed by atoms with Crippen LogP contribution in [0.25, 0.3) is 66.8 Å². The van der Waals surface area contributed by atoms with Gasteiger partial charge in [-0.15, -0.1) is 90.0 Å². The van der Waals surface area contributed by atoms with Crippen molar-refractivity contribution in [1.82, 2.24) is 15.0 Å². The van der Waals surface area contributed by atoms with Gasteiger partial charge in [0.25, 0.3) is 0 Å². The molecule has 0 radical (unpaired) electrons. The van der Waals surface area contributed by atoms with Crippen molar-refractivity contribution in [3.05, 3.63) is 233 Å². The number of pyridine rings is 3. The maximum atomic E-state index is 10.3. The van der Waals surface area contributed by atoms with Crippen LogP contribution in [-0.4, -0.2) is 15.0 Å². The average Bonchev–Trinajstić information content (AvgIpc) is 3.86. The summed E-state index contributed by atoms with van der Waals surface area (Å²) in [5.41, 5.74) is 7.20. The Bertz CT molecular complexity index is 3810. The van der Waals surface area contributed by atoms with Gasteiger partial charge in [-0.25, -0.2) is 0 Å². The van der Waals surface area contributed by atoms with Crippen molar-refractivity contribution in [2.75, 3.05) is 0 Å². The molecule has 0 unspecified atom stereocenters. The van der Waals surface area contributed by atoms with Crippen LogP contribution in [0.5, 0.6) is 0 Å². The van der Waals surface area contributed by atoms with Crippen molar-refractivity contribution < 1.29 is 34.1 Å². The number of hydrogen-bond donors (Lipinski definition) is 0. The Kier molecular flexibility index (Phi) is 12.2. The van der Waals surface area contributed by atoms with Crippen LogP contribution in [0.3, 0.4) is 0 Å². The normalized spacial score (nSPS) is 13.9. The Labute approximate surface area is 454 Å². The summed E-state index contributed by atoms with van der Waals surface area (Å²) in [6, 6.07) is 56.9. The number of nitrogens with zero attached hydrogens (tertiary/aromatic N) is 4. The van der Waals surface area contributed by atoms with Crippen LogP contribution in [0.2, 0.25) is 0 Å². The molecule has 10 aromatic rings. The fourth-order valence-corrected chi connectivity index (χ4v) is 9.51. The van der Waals surface area contributed by atoms with E-state index in [4.69, 9.17) is 20.7 Å². The first-order valence-electron chi connectivity index (χ1n) is 27.8. The summed E-state index contributed by atoms with van der Waals surface area (Å²) in [6.45, 7) is 13.7. The Balaban J connectivity index is 0.00000774. The number of aryl methyl sites for hydroxylation is 2. The second-order valence-corrected chi connectivity index (χ2v) is 20.8. The number of hydrogen-bond acceptors (Lipinski definition) is 5. The third-order valence-corrected chi connectivity index (χ3v) is 13.1. The van der Waals surface area contributed by atoms with Crippen LogP contribution in [0.4, 0.5) is 0 Å². The van der Waals surface area contributed by atoms with Gasteiger partial charge in [-0.1, -0.05) is 144 Å². The summed E-state index contributed by atoms with van der Waals surface area (Å²) in [6.07, 6.45) is -1.93. The average molecular weight is 1140 g/mol. The van der Waals surface area contributed by atoms with E-state index in [0.29, 0.717) is 51.5 Å². The van der Waals surface area contributed by atoms with E-state index in [9.17, 15) is 13.5 Å². The molecular formula is C67H59IrN4O. The van der Waals surface area contributed by atoms with Crippen molar-refractivity contribution in [3.63, 3.8) is 0 Å². The predicted molar refractivity (Wildman–Crippen MR) is 293 cm³/mol. The summed E-state index contributed by atoms with van der Waals surface area (Å²) >= 11 is 0. The van der Waals surface area contributed by atoms with Crippen molar-refractivity contribution in [2.45, 2.75) is 91.3 Å². The monoisotopic (exact) mass is 1140 g/mol. The van der Waals surface area contributed by atoms with E-state index in [2.05, 4.69) is 70.2 Å². The summed E-state index contributed by atoms with van der Waals surface area (Å²) in [7, 11) is 0. The van der Waals surface area contributed by atoms with E-state index in [1.807, 2.05) is 103 Å². The summed E-state index contributed by atoms with van der Waals surface area (Å²) in [5.74, 6) is 0. The Morgan fingerprint density at radius 3 is 1.70 bits per heavy atom. The molecule has 0 aliphatic heterocycles. The second-order valence-electron chi connectivity index (χ2n) is 20.8. The zero-order valence-corrected chi connectivity index (χ0v) is 44.4. The molecule has 4 heterocycles. The molecule has 0 saturated carbocycles. The minimum Gasteiger partial charge on any atom is -0.500 e. The topological polar surface area (TPSA) is 75.6 Å². The molecule has 0 fully saturated rings. The fourth-order valence-electron chi connectivity index (χ4n) is 9.51. The number of benzene rings is 6. The third-order valence-electron chi connectivity index (χ3n) is 13.1. The first-order valence-corrected chi connectivity index (χ1v) is 24.3. The largest absolute Gasteiger partial charge is 3.00 e. The van der Waals surface area contributed by atoms with E-state index >= 15 is 0 Å². The molecule has 6 heteroatoms. The number of fused-ring (bicyclic) bond motifs is 3. The van der Waals surface area contributed by atoms with E-state index in [1.54, 1.807) is 51.1 Å². The molecule has 4 aromatic heterocycles. The van der Waals surface area contributed by atoms with Crippen LogP contribution in [0.15, 0.2) is 175 Å². The van der Waals surface area contributed by atoms with Gasteiger partial charge in [-0.05, 0) is 116 Å². The molecule has 0 atom stereocenters. The van der Waals surface area contributed by atoms with Crippen LogP contribution in [0, 0.1) is 34.9 Å². The third kappa shape index (κ3) is 11.2. The minimum atomic E-state index is -2.87. The molecule has 0 amide bonds. The van der Waals surface area contributed by atoms with Gasteiger partial charge in [0.15, 0.2) is 0 Å². The molecule has 0 spiro atoms. The summed E-state index contributed by atoms with van der Waals surface area (Å²) in [5, 5.41) is 11.5. The Morgan fingerprint density at radius 2 is 1.15 bits per heavy atom.